The maximum Gasteiger partial charge on any atom is 0.387 e. The van der Waals surface area contributed by atoms with Gasteiger partial charge < -0.3 is 20.5 Å². The van der Waals surface area contributed by atoms with Crippen molar-refractivity contribution in [3.05, 3.63) is 71.1 Å². The van der Waals surface area contributed by atoms with Gasteiger partial charge in [0, 0.05) is 76.2 Å². The van der Waals surface area contributed by atoms with Crippen molar-refractivity contribution in [2.45, 2.75) is 55.9 Å². The summed E-state index contributed by atoms with van der Waals surface area (Å²) < 4.78 is 57.5. The van der Waals surface area contributed by atoms with Gasteiger partial charge in [-0.3, -0.25) is 4.79 Å². The number of aromatic nitrogens is 5. The van der Waals surface area contributed by atoms with Crippen molar-refractivity contribution in [3.63, 3.8) is 0 Å². The van der Waals surface area contributed by atoms with Gasteiger partial charge >= 0.3 is 6.61 Å². The minimum atomic E-state index is -3.15. The van der Waals surface area contributed by atoms with Gasteiger partial charge in [-0.15, -0.1) is 0 Å². The third kappa shape index (κ3) is 3.54. The quantitative estimate of drug-likeness (QED) is 0.407. The van der Waals surface area contributed by atoms with E-state index in [9.17, 15) is 18.7 Å². The number of benzene rings is 1. The van der Waals surface area contributed by atoms with E-state index >= 15 is 0 Å². The smallest absolute Gasteiger partial charge is 0.387 e. The highest BCUT2D eigenvalue weighted by Gasteiger charge is 2.52. The molecule has 0 unspecified atom stereocenters. The summed E-state index contributed by atoms with van der Waals surface area (Å²) in [4.78, 5) is 27.9. The van der Waals surface area contributed by atoms with Gasteiger partial charge in [-0.1, -0.05) is 6.07 Å². The zero-order valence-corrected chi connectivity index (χ0v) is 20.7. The average molecular weight is 537 g/mol. The molecule has 1 saturated carbocycles. The molecule has 1 aromatic carbocycles. The lowest BCUT2D eigenvalue weighted by molar-refractivity contribution is -0.0934. The number of nitrogens with two attached hydrogens (primary N) is 1. The second kappa shape index (κ2) is 7.99. The first-order valence-corrected chi connectivity index (χ1v) is 12.4. The summed E-state index contributed by atoms with van der Waals surface area (Å²) in [5.41, 5.74) is 6.78. The molecule has 10 nitrogen and oxygen atoms in total. The van der Waals surface area contributed by atoms with E-state index in [1.54, 1.807) is 24.7 Å². The van der Waals surface area contributed by atoms with Crippen molar-refractivity contribution in [1.82, 2.24) is 29.5 Å². The van der Waals surface area contributed by atoms with E-state index < -0.39 is 42.6 Å². The van der Waals surface area contributed by atoms with E-state index in [2.05, 4.69) is 15.1 Å². The molecule has 2 atom stereocenters. The van der Waals surface area contributed by atoms with E-state index in [0.29, 0.717) is 41.0 Å². The van der Waals surface area contributed by atoms with Crippen molar-refractivity contribution in [1.29, 1.82) is 0 Å². The highest BCUT2D eigenvalue weighted by molar-refractivity contribution is 5.98. The van der Waals surface area contributed by atoms with Crippen molar-refractivity contribution < 1.29 is 27.5 Å². The van der Waals surface area contributed by atoms with Crippen LogP contribution in [0.3, 0.4) is 0 Å². The summed E-state index contributed by atoms with van der Waals surface area (Å²) in [7, 11) is 0. The van der Waals surface area contributed by atoms with Crippen LogP contribution in [0.1, 0.15) is 75.3 Å². The van der Waals surface area contributed by atoms with Gasteiger partial charge in [0.2, 0.25) is 0 Å². The number of aliphatic hydroxyl groups is 1. The Hall–Kier alpha value is -4.03. The maximum atomic E-state index is 13.6. The second-order valence-electron chi connectivity index (χ2n) is 10.8. The van der Waals surface area contributed by atoms with Crippen LogP contribution in [0.4, 0.5) is 8.78 Å². The molecule has 1 aliphatic heterocycles. The van der Waals surface area contributed by atoms with Gasteiger partial charge in [0.1, 0.15) is 11.4 Å². The van der Waals surface area contributed by atoms with Crippen LogP contribution in [0.25, 0.3) is 16.9 Å². The average Bonchev–Trinajstić information content (AvgIpc) is 3.39. The Bertz CT molecular complexity index is 1750. The number of fused-ring (bicyclic) bond motifs is 9. The van der Waals surface area contributed by atoms with Crippen LogP contribution in [-0.2, 0) is 5.60 Å². The Morgan fingerprint density at radius 3 is 2.69 bits per heavy atom. The molecule has 3 N–H and O–H groups in total. The van der Waals surface area contributed by atoms with E-state index in [-0.39, 0.29) is 29.1 Å². The Labute approximate surface area is 225 Å². The van der Waals surface area contributed by atoms with Crippen LogP contribution in [0.5, 0.6) is 5.75 Å². The molecule has 1 amide bonds. The van der Waals surface area contributed by atoms with Gasteiger partial charge in [0.05, 0.1) is 17.4 Å². The summed E-state index contributed by atoms with van der Waals surface area (Å²) in [6, 6.07) is 4.88. The van der Waals surface area contributed by atoms with Crippen LogP contribution >= 0.6 is 0 Å². The third-order valence-electron chi connectivity index (χ3n) is 7.82. The topological polar surface area (TPSA) is 132 Å². The number of rotatable bonds is 4. The molecular weight excluding hydrogens is 508 g/mol. The summed E-state index contributed by atoms with van der Waals surface area (Å²) in [5, 5.41) is 15.4. The highest BCUT2D eigenvalue weighted by atomic mass is 19.3. The predicted octanol–water partition coefficient (Wildman–Crippen LogP) is 3.15. The summed E-state index contributed by atoms with van der Waals surface area (Å²) in [5.74, 6) is -1.44. The first-order chi connectivity index (χ1) is 19.8. The van der Waals surface area contributed by atoms with Gasteiger partial charge in [-0.05, 0) is 31.5 Å². The third-order valence-corrected chi connectivity index (χ3v) is 7.82. The molecule has 4 aromatic rings. The molecule has 2 bridgehead atoms. The summed E-state index contributed by atoms with van der Waals surface area (Å²) in [6.45, 7) is -4.13. The van der Waals surface area contributed by atoms with Gasteiger partial charge in [0.15, 0.2) is 11.5 Å². The fraction of sp³-hybridized carbons (Fsp3) is 0.370. The fourth-order valence-electron chi connectivity index (χ4n) is 6.35. The number of ether oxygens (including phenoxy) is 1. The van der Waals surface area contributed by atoms with Crippen LogP contribution in [0, 0.1) is 0 Å². The van der Waals surface area contributed by atoms with Gasteiger partial charge in [-0.25, -0.2) is 19.5 Å². The number of hydrogen-bond acceptors (Lipinski definition) is 8. The van der Waals surface area contributed by atoms with Crippen molar-refractivity contribution in [3.8, 4) is 17.0 Å². The molecule has 3 aromatic heterocycles. The lowest BCUT2D eigenvalue weighted by Gasteiger charge is -2.48. The zero-order chi connectivity index (χ0) is 29.8. The molecule has 2 aliphatic carbocycles. The standard InChI is InChI=1S/C27H25F2N7O3/c1-26(30)11-27(38,12-26)24-31-9-13(10-32-24)16-6-7-36-22(33-16)20-15-8-17(21(20)34-36)35(2)23(37)14-4-3-5-18(19(14)15)39-25(28)29/h3-7,9-10,15,17,25,38H,8,11-12,30H2,1-2H3/t15-,17-,26?,27?/m1/s1/i2D3. The van der Waals surface area contributed by atoms with E-state index in [1.165, 1.54) is 22.7 Å². The Kier molecular flexibility index (Phi) is 4.28. The first kappa shape index (κ1) is 20.9. The minimum absolute atomic E-state index is 0.0237. The molecule has 1 fully saturated rings. The SMILES string of the molecule is [2H]C([2H])([2H])N1C(=O)c2cccc(OC(F)F)c2[C@H]2C[C@@H]1c1nn3ccc(-c4cnc(C5(O)CC(C)(N)C5)nc4)nc3c12. The molecule has 200 valence electrons. The molecule has 3 aliphatic rings. The molecule has 4 heterocycles. The molecular formula is C27H25F2N7O3. The molecule has 39 heavy (non-hydrogen) atoms. The zero-order valence-electron chi connectivity index (χ0n) is 23.7. The number of carbonyl (C=O) groups excluding carboxylic acids is 1. The maximum absolute atomic E-state index is 13.6. The van der Waals surface area contributed by atoms with E-state index in [4.69, 9.17) is 19.6 Å². The molecule has 12 heteroatoms. The highest BCUT2D eigenvalue weighted by Crippen LogP contribution is 2.53. The summed E-state index contributed by atoms with van der Waals surface area (Å²) >= 11 is 0. The van der Waals surface area contributed by atoms with Crippen LogP contribution in [-0.4, -0.2) is 59.6 Å². The predicted molar refractivity (Wildman–Crippen MR) is 134 cm³/mol. The fourth-order valence-corrected chi connectivity index (χ4v) is 6.35. The van der Waals surface area contributed by atoms with E-state index in [0.717, 1.165) is 4.90 Å². The first-order valence-electron chi connectivity index (χ1n) is 13.9. The number of alkyl halides is 2. The number of carbonyl (C=O) groups is 1. The molecule has 7 rings (SSSR count). The summed E-state index contributed by atoms with van der Waals surface area (Å²) in [6.07, 6.45) is 5.51. The number of hydrogen-bond donors (Lipinski definition) is 2. The van der Waals surface area contributed by atoms with Crippen molar-refractivity contribution >= 4 is 11.6 Å². The number of nitrogens with zero attached hydrogens (tertiary/aromatic N) is 6. The number of halogens is 2. The molecule has 0 spiro atoms. The molecule has 0 saturated heterocycles. The Morgan fingerprint density at radius 2 is 2.00 bits per heavy atom. The van der Waals surface area contributed by atoms with Gasteiger partial charge in [-0.2, -0.15) is 13.9 Å². The lowest BCUT2D eigenvalue weighted by atomic mass is 9.66. The number of amides is 1. The minimum Gasteiger partial charge on any atom is -0.434 e. The van der Waals surface area contributed by atoms with E-state index in [1.807, 2.05) is 6.92 Å². The van der Waals surface area contributed by atoms with Crippen LogP contribution in [0.15, 0.2) is 42.9 Å². The largest absolute Gasteiger partial charge is 0.434 e. The molecule has 0 radical (unpaired) electrons. The second-order valence-corrected chi connectivity index (χ2v) is 10.8. The normalized spacial score (nSPS) is 28.8. The van der Waals surface area contributed by atoms with Crippen LogP contribution < -0.4 is 10.5 Å². The van der Waals surface area contributed by atoms with Crippen LogP contribution in [0.2, 0.25) is 0 Å². The Morgan fingerprint density at radius 1 is 1.23 bits per heavy atom. The van der Waals surface area contributed by atoms with Gasteiger partial charge in [0.25, 0.3) is 5.91 Å². The van der Waals surface area contributed by atoms with Crippen molar-refractivity contribution in [2.24, 2.45) is 5.73 Å². The lowest BCUT2D eigenvalue weighted by Crippen LogP contribution is -2.58. The monoisotopic (exact) mass is 536 g/mol. The Balaban J connectivity index is 1.36. The van der Waals surface area contributed by atoms with Crippen molar-refractivity contribution in [2.75, 3.05) is 6.98 Å².